The zero-order chi connectivity index (χ0) is 31.5. The van der Waals surface area contributed by atoms with Gasteiger partial charge in [0.15, 0.2) is 11.6 Å². The third-order valence-corrected chi connectivity index (χ3v) is 12.4. The van der Waals surface area contributed by atoms with E-state index in [2.05, 4.69) is 42.5 Å². The van der Waals surface area contributed by atoms with E-state index in [0.29, 0.717) is 39.1 Å². The Labute approximate surface area is 272 Å². The average Bonchev–Trinajstić information content (AvgIpc) is 3.29. The van der Waals surface area contributed by atoms with Crippen molar-refractivity contribution in [1.29, 1.82) is 0 Å². The van der Waals surface area contributed by atoms with E-state index in [1.165, 1.54) is 6.08 Å². The van der Waals surface area contributed by atoms with Crippen molar-refractivity contribution in [2.24, 2.45) is 0 Å². The van der Waals surface area contributed by atoms with Crippen molar-refractivity contribution in [3.05, 3.63) is 174 Å². The fourth-order valence-corrected chi connectivity index (χ4v) is 10.1. The van der Waals surface area contributed by atoms with E-state index >= 15 is 0 Å². The molecule has 5 heteroatoms. The number of hydrogen-bond donors (Lipinski definition) is 0. The number of carbonyl (C=O) groups is 2. The van der Waals surface area contributed by atoms with Gasteiger partial charge in [0.2, 0.25) is 0 Å². The standard InChI is InChI=1S/C42H26O4Si/c43-35-26-34(27-12-4-1-5-13-27)42(44)40-33(35)23-20-29-22-25-37-41(38(29)40)39-32-19-11-10-14-28(32)21-24-36(39)45-47(46-37,30-15-6-2-7-16-30)31-17-8-3-9-18-31/h1-26H. The lowest BCUT2D eigenvalue weighted by Crippen LogP contribution is -2.68. The quantitative estimate of drug-likeness (QED) is 0.187. The minimum Gasteiger partial charge on any atom is -0.505 e. The Balaban J connectivity index is 1.42. The van der Waals surface area contributed by atoms with E-state index in [1.54, 1.807) is 6.07 Å². The second-order valence-electron chi connectivity index (χ2n) is 11.9. The van der Waals surface area contributed by atoms with Gasteiger partial charge in [0.05, 0.1) is 0 Å². The Morgan fingerprint density at radius 3 is 1.70 bits per heavy atom. The zero-order valence-electron chi connectivity index (χ0n) is 25.1. The molecule has 0 bridgehead atoms. The van der Waals surface area contributed by atoms with Gasteiger partial charge in [-0.3, -0.25) is 9.59 Å². The van der Waals surface area contributed by atoms with Crippen LogP contribution in [0.25, 0.3) is 38.2 Å². The maximum absolute atomic E-state index is 14.6. The number of ketones is 2. The van der Waals surface area contributed by atoms with Crippen LogP contribution in [0.5, 0.6) is 11.5 Å². The number of Topliss-reactive ketones (excluding diaryl/α,β-unsaturated/α-hetero) is 1. The van der Waals surface area contributed by atoms with Crippen LogP contribution in [0.15, 0.2) is 158 Å². The minimum atomic E-state index is -3.46. The smallest absolute Gasteiger partial charge is 0.505 e. The van der Waals surface area contributed by atoms with E-state index in [4.69, 9.17) is 8.85 Å². The predicted molar refractivity (Wildman–Crippen MR) is 189 cm³/mol. The highest BCUT2D eigenvalue weighted by molar-refractivity contribution is 6.93. The summed E-state index contributed by atoms with van der Waals surface area (Å²) in [7, 11) is -3.46. The molecule has 0 saturated carbocycles. The Morgan fingerprint density at radius 1 is 0.468 bits per heavy atom. The molecule has 1 heterocycles. The van der Waals surface area contributed by atoms with Crippen molar-refractivity contribution >= 4 is 57.6 Å². The van der Waals surface area contributed by atoms with Crippen molar-refractivity contribution in [1.82, 2.24) is 0 Å². The molecule has 4 nitrogen and oxygen atoms in total. The lowest BCUT2D eigenvalue weighted by molar-refractivity contribution is 0.100. The Morgan fingerprint density at radius 2 is 1.02 bits per heavy atom. The van der Waals surface area contributed by atoms with Gasteiger partial charge in [0, 0.05) is 43.6 Å². The number of fused-ring (bicyclic) bond motifs is 9. The maximum Gasteiger partial charge on any atom is 0.531 e. The Bertz CT molecular complexity index is 2390. The fraction of sp³-hybridized carbons (Fsp3) is 0. The molecular weight excluding hydrogens is 597 g/mol. The lowest BCUT2D eigenvalue weighted by atomic mass is 9.80. The van der Waals surface area contributed by atoms with Crippen LogP contribution in [0.2, 0.25) is 0 Å². The Hall–Kier alpha value is -6.04. The number of allylic oxidation sites excluding steroid dienone is 2. The monoisotopic (exact) mass is 622 g/mol. The van der Waals surface area contributed by atoms with Gasteiger partial charge >= 0.3 is 8.56 Å². The predicted octanol–water partition coefficient (Wildman–Crippen LogP) is 8.15. The molecule has 7 aromatic rings. The highest BCUT2D eigenvalue weighted by Gasteiger charge is 2.50. The summed E-state index contributed by atoms with van der Waals surface area (Å²) in [5.74, 6) is 0.891. The van der Waals surface area contributed by atoms with E-state index in [0.717, 1.165) is 37.7 Å². The van der Waals surface area contributed by atoms with Crippen LogP contribution in [0, 0.1) is 0 Å². The summed E-state index contributed by atoms with van der Waals surface area (Å²) < 4.78 is 14.6. The molecular formula is C42H26O4Si. The van der Waals surface area contributed by atoms with Crippen LogP contribution >= 0.6 is 0 Å². The van der Waals surface area contributed by atoms with Crippen molar-refractivity contribution in [3.8, 4) is 22.6 Å². The molecule has 0 atom stereocenters. The van der Waals surface area contributed by atoms with Gasteiger partial charge in [-0.05, 0) is 46.0 Å². The summed E-state index contributed by atoms with van der Waals surface area (Å²) >= 11 is 0. The molecule has 0 unspecified atom stereocenters. The first-order chi connectivity index (χ1) is 23.1. The van der Waals surface area contributed by atoms with Gasteiger partial charge in [-0.2, -0.15) is 0 Å². The third kappa shape index (κ3) is 4.14. The van der Waals surface area contributed by atoms with Gasteiger partial charge in [0.25, 0.3) is 0 Å². The van der Waals surface area contributed by atoms with Crippen LogP contribution in [0.4, 0.5) is 0 Å². The molecule has 0 amide bonds. The van der Waals surface area contributed by atoms with Crippen LogP contribution in [0.3, 0.4) is 0 Å². The van der Waals surface area contributed by atoms with Gasteiger partial charge in [-0.1, -0.05) is 133 Å². The molecule has 0 saturated heterocycles. The van der Waals surface area contributed by atoms with Crippen molar-refractivity contribution in [2.45, 2.75) is 0 Å². The van der Waals surface area contributed by atoms with Crippen molar-refractivity contribution < 1.29 is 18.4 Å². The molecule has 222 valence electrons. The first-order valence-corrected chi connectivity index (χ1v) is 17.4. The molecule has 0 aromatic heterocycles. The number of rotatable bonds is 3. The third-order valence-electron chi connectivity index (χ3n) is 9.20. The minimum absolute atomic E-state index is 0.189. The van der Waals surface area contributed by atoms with Crippen LogP contribution in [0.1, 0.15) is 26.3 Å². The average molecular weight is 623 g/mol. The molecule has 7 aromatic carbocycles. The maximum atomic E-state index is 14.6. The summed E-state index contributed by atoms with van der Waals surface area (Å²) in [5, 5.41) is 5.44. The molecule has 0 spiro atoms. The summed E-state index contributed by atoms with van der Waals surface area (Å²) in [4.78, 5) is 28.4. The molecule has 1 aliphatic carbocycles. The van der Waals surface area contributed by atoms with Crippen molar-refractivity contribution in [3.63, 3.8) is 0 Å². The first kappa shape index (κ1) is 27.3. The Kier molecular flexibility index (Phi) is 6.10. The van der Waals surface area contributed by atoms with Crippen LogP contribution in [-0.4, -0.2) is 20.1 Å². The highest BCUT2D eigenvalue weighted by atomic mass is 28.4. The first-order valence-electron chi connectivity index (χ1n) is 15.6. The highest BCUT2D eigenvalue weighted by Crippen LogP contribution is 2.50. The second-order valence-corrected chi connectivity index (χ2v) is 14.7. The van der Waals surface area contributed by atoms with Crippen LogP contribution in [-0.2, 0) is 0 Å². The second kappa shape index (κ2) is 10.5. The van der Waals surface area contributed by atoms with Crippen molar-refractivity contribution in [2.75, 3.05) is 0 Å². The SMILES string of the molecule is O=C1C=C(c2ccccc2)C(=O)c2c1ccc1ccc3c(c21)-c1c(ccc2ccccc12)O[Si](c1ccccc1)(c1ccccc1)O3. The van der Waals surface area contributed by atoms with Gasteiger partial charge in [-0.25, -0.2) is 0 Å². The normalized spacial score (nSPS) is 14.7. The molecule has 9 rings (SSSR count). The molecule has 0 radical (unpaired) electrons. The molecule has 2 aliphatic rings. The zero-order valence-corrected chi connectivity index (χ0v) is 26.1. The van der Waals surface area contributed by atoms with Crippen LogP contribution < -0.4 is 19.2 Å². The number of benzene rings is 7. The summed E-state index contributed by atoms with van der Waals surface area (Å²) in [5.41, 5.74) is 3.46. The molecule has 0 N–H and O–H groups in total. The van der Waals surface area contributed by atoms with E-state index in [-0.39, 0.29) is 11.6 Å². The summed E-state index contributed by atoms with van der Waals surface area (Å²) in [6.07, 6.45) is 1.47. The van der Waals surface area contributed by atoms with E-state index in [9.17, 15) is 9.59 Å². The summed E-state index contributed by atoms with van der Waals surface area (Å²) in [6.45, 7) is 0. The molecule has 1 aliphatic heterocycles. The number of carbonyl (C=O) groups excluding carboxylic acids is 2. The van der Waals surface area contributed by atoms with E-state index < -0.39 is 8.56 Å². The summed E-state index contributed by atoms with van der Waals surface area (Å²) in [6, 6.07) is 49.6. The lowest BCUT2D eigenvalue weighted by Gasteiger charge is -2.31. The van der Waals surface area contributed by atoms with Gasteiger partial charge in [-0.15, -0.1) is 0 Å². The molecule has 0 fully saturated rings. The fourth-order valence-electron chi connectivity index (χ4n) is 7.06. The van der Waals surface area contributed by atoms with E-state index in [1.807, 2.05) is 103 Å². The van der Waals surface area contributed by atoms with Gasteiger partial charge < -0.3 is 8.85 Å². The van der Waals surface area contributed by atoms with Gasteiger partial charge in [0.1, 0.15) is 11.5 Å². The topological polar surface area (TPSA) is 52.6 Å². The number of hydrogen-bond acceptors (Lipinski definition) is 4. The molecule has 47 heavy (non-hydrogen) atoms. The largest absolute Gasteiger partial charge is 0.531 e.